The van der Waals surface area contributed by atoms with Gasteiger partial charge in [0.1, 0.15) is 5.84 Å². The van der Waals surface area contributed by atoms with Crippen LogP contribution in [0.2, 0.25) is 0 Å². The quantitative estimate of drug-likeness (QED) is 0.554. The number of amides is 1. The summed E-state index contributed by atoms with van der Waals surface area (Å²) in [6, 6.07) is 8.12. The van der Waals surface area contributed by atoms with E-state index in [4.69, 9.17) is 4.99 Å². The van der Waals surface area contributed by atoms with Crippen LogP contribution >= 0.6 is 22.6 Å². The Balaban J connectivity index is 1.57. The normalized spacial score (nSPS) is 21.2. The Morgan fingerprint density at radius 3 is 2.85 bits per heavy atom. The van der Waals surface area contributed by atoms with E-state index in [1.54, 1.807) is 0 Å². The predicted molar refractivity (Wildman–Crippen MR) is 118 cm³/mol. The van der Waals surface area contributed by atoms with Gasteiger partial charge in [-0.1, -0.05) is 56.4 Å². The molecule has 4 rings (SSSR count). The van der Waals surface area contributed by atoms with Gasteiger partial charge in [-0.3, -0.25) is 4.79 Å². The van der Waals surface area contributed by atoms with Gasteiger partial charge < -0.3 is 4.90 Å². The summed E-state index contributed by atoms with van der Waals surface area (Å²) >= 11 is 2.31. The molecule has 140 valence electrons. The summed E-state index contributed by atoms with van der Waals surface area (Å²) in [6.07, 6.45) is 14.1. The number of fused-ring (bicyclic) bond motifs is 2. The summed E-state index contributed by atoms with van der Waals surface area (Å²) in [5, 5.41) is 0. The molecule has 0 aromatic heterocycles. The van der Waals surface area contributed by atoms with Crippen LogP contribution in [0.3, 0.4) is 0 Å². The molecule has 1 aromatic carbocycles. The zero-order chi connectivity index (χ0) is 18.6. The number of halogens is 1. The van der Waals surface area contributed by atoms with Gasteiger partial charge in [0, 0.05) is 28.3 Å². The summed E-state index contributed by atoms with van der Waals surface area (Å²) < 4.78 is 1.16. The van der Waals surface area contributed by atoms with Gasteiger partial charge in [-0.25, -0.2) is 4.99 Å². The van der Waals surface area contributed by atoms with Gasteiger partial charge in [-0.15, -0.1) is 0 Å². The highest BCUT2D eigenvalue weighted by molar-refractivity contribution is 14.1. The average molecular weight is 473 g/mol. The molecule has 1 amide bonds. The molecule has 0 radical (unpaired) electrons. The van der Waals surface area contributed by atoms with Crippen molar-refractivity contribution in [1.29, 1.82) is 0 Å². The van der Waals surface area contributed by atoms with Crippen LogP contribution in [0.25, 0.3) is 0 Å². The number of amidine groups is 2. The Hall–Kier alpha value is -1.76. The number of allylic oxidation sites excluding steroid dienone is 2. The van der Waals surface area contributed by atoms with E-state index in [0.29, 0.717) is 18.2 Å². The fourth-order valence-corrected chi connectivity index (χ4v) is 4.54. The number of carbonyl (C=O) groups is 1. The van der Waals surface area contributed by atoms with E-state index in [9.17, 15) is 4.79 Å². The number of carbonyl (C=O) groups excluding carboxylic acids is 1. The molecule has 1 aliphatic carbocycles. The van der Waals surface area contributed by atoms with Crippen molar-refractivity contribution >= 4 is 40.2 Å². The third-order valence-corrected chi connectivity index (χ3v) is 6.14. The van der Waals surface area contributed by atoms with Gasteiger partial charge >= 0.3 is 0 Å². The second-order valence-corrected chi connectivity index (χ2v) is 8.72. The topological polar surface area (TPSA) is 45.0 Å². The van der Waals surface area contributed by atoms with Crippen LogP contribution in [-0.4, -0.2) is 22.5 Å². The first-order valence-corrected chi connectivity index (χ1v) is 10.9. The van der Waals surface area contributed by atoms with Gasteiger partial charge in [-0.2, -0.15) is 4.99 Å². The lowest BCUT2D eigenvalue weighted by atomic mass is 9.86. The largest absolute Gasteiger partial charge is 0.327 e. The fraction of sp³-hybridized carbons (Fsp3) is 0.409. The van der Waals surface area contributed by atoms with Crippen LogP contribution in [0, 0.1) is 5.92 Å². The van der Waals surface area contributed by atoms with Crippen molar-refractivity contribution in [3.05, 3.63) is 57.3 Å². The smallest absolute Gasteiger partial charge is 0.247 e. The molecular formula is C22H24IN3O. The van der Waals surface area contributed by atoms with Gasteiger partial charge in [-0.05, 0) is 52.6 Å². The number of nitrogens with zero attached hydrogens (tertiary/aromatic N) is 3. The van der Waals surface area contributed by atoms with E-state index in [0.717, 1.165) is 33.5 Å². The third kappa shape index (κ3) is 4.57. The lowest BCUT2D eigenvalue weighted by Crippen LogP contribution is -2.24. The number of benzene rings is 1. The van der Waals surface area contributed by atoms with Gasteiger partial charge in [0.2, 0.25) is 5.91 Å². The summed E-state index contributed by atoms with van der Waals surface area (Å²) in [5.41, 5.74) is 2.10. The van der Waals surface area contributed by atoms with Crippen LogP contribution in [0.15, 0.2) is 56.2 Å². The maximum atomic E-state index is 12.6. The van der Waals surface area contributed by atoms with Crippen molar-refractivity contribution in [3.8, 4) is 0 Å². The van der Waals surface area contributed by atoms with Crippen LogP contribution < -0.4 is 0 Å². The molecule has 4 nitrogen and oxygen atoms in total. The SMILES string of the molecule is O=C(CCC1CCCCC1)N=C1N=C2C=CC(I)=CN2Cc2ccccc21. The highest BCUT2D eigenvalue weighted by Crippen LogP contribution is 2.28. The predicted octanol–water partition coefficient (Wildman–Crippen LogP) is 5.38. The molecule has 0 saturated heterocycles. The van der Waals surface area contributed by atoms with Gasteiger partial charge in [0.05, 0.1) is 0 Å². The van der Waals surface area contributed by atoms with Crippen molar-refractivity contribution < 1.29 is 4.79 Å². The van der Waals surface area contributed by atoms with Crippen LogP contribution in [0.5, 0.6) is 0 Å². The fourth-order valence-electron chi connectivity index (χ4n) is 4.03. The molecule has 27 heavy (non-hydrogen) atoms. The number of hydrogen-bond acceptors (Lipinski definition) is 2. The van der Waals surface area contributed by atoms with E-state index >= 15 is 0 Å². The van der Waals surface area contributed by atoms with Gasteiger partial charge in [0.15, 0.2) is 5.84 Å². The molecule has 3 aliphatic rings. The Kier molecular flexibility index (Phi) is 5.86. The summed E-state index contributed by atoms with van der Waals surface area (Å²) in [4.78, 5) is 23.9. The van der Waals surface area contributed by atoms with Crippen LogP contribution in [-0.2, 0) is 11.3 Å². The summed E-state index contributed by atoms with van der Waals surface area (Å²) in [5.74, 6) is 2.03. The Morgan fingerprint density at radius 2 is 2.00 bits per heavy atom. The zero-order valence-corrected chi connectivity index (χ0v) is 17.6. The molecule has 5 heteroatoms. The molecule has 2 heterocycles. The van der Waals surface area contributed by atoms with E-state index in [1.165, 1.54) is 32.1 Å². The lowest BCUT2D eigenvalue weighted by molar-refractivity contribution is -0.118. The molecule has 0 spiro atoms. The maximum Gasteiger partial charge on any atom is 0.247 e. The molecular weight excluding hydrogens is 449 g/mol. The average Bonchev–Trinajstić information content (AvgIpc) is 2.83. The lowest BCUT2D eigenvalue weighted by Gasteiger charge is -2.21. The van der Waals surface area contributed by atoms with Crippen molar-refractivity contribution in [2.45, 2.75) is 51.5 Å². The summed E-state index contributed by atoms with van der Waals surface area (Å²) in [7, 11) is 0. The Bertz CT molecular complexity index is 847. The zero-order valence-electron chi connectivity index (χ0n) is 15.4. The van der Waals surface area contributed by atoms with Crippen LogP contribution in [0.1, 0.15) is 56.1 Å². The number of hydrogen-bond donors (Lipinski definition) is 0. The van der Waals surface area contributed by atoms with Crippen molar-refractivity contribution in [2.75, 3.05) is 0 Å². The van der Waals surface area contributed by atoms with E-state index in [1.807, 2.05) is 30.4 Å². The first-order valence-electron chi connectivity index (χ1n) is 9.79. The molecule has 1 fully saturated rings. The third-order valence-electron chi connectivity index (χ3n) is 5.51. The highest BCUT2D eigenvalue weighted by Gasteiger charge is 2.22. The second-order valence-electron chi connectivity index (χ2n) is 7.47. The van der Waals surface area contributed by atoms with E-state index in [-0.39, 0.29) is 5.91 Å². The van der Waals surface area contributed by atoms with Gasteiger partial charge in [0.25, 0.3) is 0 Å². The molecule has 0 N–H and O–H groups in total. The maximum absolute atomic E-state index is 12.6. The molecule has 1 aromatic rings. The van der Waals surface area contributed by atoms with Crippen molar-refractivity contribution in [1.82, 2.24) is 4.90 Å². The number of aliphatic imine (C=N–C) groups is 2. The minimum Gasteiger partial charge on any atom is -0.327 e. The first kappa shape index (κ1) is 18.6. The Morgan fingerprint density at radius 1 is 1.19 bits per heavy atom. The molecule has 2 aliphatic heterocycles. The van der Waals surface area contributed by atoms with Crippen molar-refractivity contribution in [2.24, 2.45) is 15.9 Å². The molecule has 0 unspecified atom stereocenters. The van der Waals surface area contributed by atoms with Crippen LogP contribution in [0.4, 0.5) is 0 Å². The highest BCUT2D eigenvalue weighted by atomic mass is 127. The number of rotatable bonds is 3. The molecule has 0 atom stereocenters. The minimum atomic E-state index is -0.0481. The molecule has 0 bridgehead atoms. The monoisotopic (exact) mass is 473 g/mol. The van der Waals surface area contributed by atoms with Crippen molar-refractivity contribution in [3.63, 3.8) is 0 Å². The molecule has 1 saturated carbocycles. The van der Waals surface area contributed by atoms with E-state index in [2.05, 4.69) is 44.7 Å². The van der Waals surface area contributed by atoms with E-state index < -0.39 is 0 Å². The standard InChI is InChI=1S/C22H24IN3O/c23-18-11-12-20-24-22(19-9-5-4-8-17(19)14-26(20)15-18)25-21(27)13-10-16-6-2-1-3-7-16/h4-5,8-9,11-12,15-16H,1-3,6-7,10,13-14H2. The summed E-state index contributed by atoms with van der Waals surface area (Å²) in [6.45, 7) is 0.737. The Labute approximate surface area is 174 Å². The first-order chi connectivity index (χ1) is 13.2. The minimum absolute atomic E-state index is 0.0481. The second kappa shape index (κ2) is 8.50.